The normalized spacial score (nSPS) is 16.5. The van der Waals surface area contributed by atoms with Crippen LogP contribution in [-0.2, 0) is 15.9 Å². The molecule has 1 fully saturated rings. The van der Waals surface area contributed by atoms with E-state index in [1.54, 1.807) is 0 Å². The Balaban J connectivity index is 1.90. The number of benzene rings is 1. The van der Waals surface area contributed by atoms with E-state index in [4.69, 9.17) is 14.7 Å². The summed E-state index contributed by atoms with van der Waals surface area (Å²) in [4.78, 5) is 0. The fraction of sp³-hybridized carbons (Fsp3) is 0.417. The lowest BCUT2D eigenvalue weighted by molar-refractivity contribution is -0.0461. The van der Waals surface area contributed by atoms with Gasteiger partial charge in [0.1, 0.15) is 0 Å². The summed E-state index contributed by atoms with van der Waals surface area (Å²) in [6.07, 6.45) is 1.69. The maximum atomic E-state index is 8.74. The summed E-state index contributed by atoms with van der Waals surface area (Å²) in [5, 5.41) is 8.74. The lowest BCUT2D eigenvalue weighted by Crippen LogP contribution is -2.08. The molecule has 1 aliphatic rings. The second-order valence-corrected chi connectivity index (χ2v) is 3.52. The third kappa shape index (κ3) is 2.79. The predicted octanol–water partition coefficient (Wildman–Crippen LogP) is 1.86. The standard InChI is InChI=1S/C12H13NO2/c13-9-11-3-1-2-10(8-11)4-5-12-14-6-7-15-12/h1-3,8,12H,4-7H2. The van der Waals surface area contributed by atoms with Gasteiger partial charge in [0, 0.05) is 6.42 Å². The average molecular weight is 203 g/mol. The van der Waals surface area contributed by atoms with Crippen molar-refractivity contribution in [2.45, 2.75) is 19.1 Å². The van der Waals surface area contributed by atoms with Crippen LogP contribution in [0.2, 0.25) is 0 Å². The van der Waals surface area contributed by atoms with Crippen molar-refractivity contribution in [1.82, 2.24) is 0 Å². The van der Waals surface area contributed by atoms with E-state index in [9.17, 15) is 0 Å². The Morgan fingerprint density at radius 1 is 1.33 bits per heavy atom. The van der Waals surface area contributed by atoms with Crippen LogP contribution in [0, 0.1) is 11.3 Å². The van der Waals surface area contributed by atoms with Crippen molar-refractivity contribution in [2.24, 2.45) is 0 Å². The zero-order valence-electron chi connectivity index (χ0n) is 8.48. The highest BCUT2D eigenvalue weighted by Crippen LogP contribution is 2.13. The number of hydrogen-bond donors (Lipinski definition) is 0. The van der Waals surface area contributed by atoms with Crippen LogP contribution >= 0.6 is 0 Å². The van der Waals surface area contributed by atoms with Gasteiger partial charge in [-0.05, 0) is 24.1 Å². The van der Waals surface area contributed by atoms with Crippen LogP contribution in [0.25, 0.3) is 0 Å². The van der Waals surface area contributed by atoms with E-state index < -0.39 is 0 Å². The van der Waals surface area contributed by atoms with Crippen LogP contribution in [0.15, 0.2) is 24.3 Å². The highest BCUT2D eigenvalue weighted by atomic mass is 16.7. The van der Waals surface area contributed by atoms with Gasteiger partial charge in [-0.15, -0.1) is 0 Å². The molecule has 0 N–H and O–H groups in total. The fourth-order valence-electron chi connectivity index (χ4n) is 1.65. The van der Waals surface area contributed by atoms with Crippen LogP contribution in [0.3, 0.4) is 0 Å². The molecule has 0 radical (unpaired) electrons. The topological polar surface area (TPSA) is 42.2 Å². The van der Waals surface area contributed by atoms with Gasteiger partial charge in [0.05, 0.1) is 24.8 Å². The van der Waals surface area contributed by atoms with Crippen LogP contribution in [0.4, 0.5) is 0 Å². The first kappa shape index (κ1) is 10.2. The van der Waals surface area contributed by atoms with Gasteiger partial charge in [0.15, 0.2) is 6.29 Å². The number of nitriles is 1. The van der Waals surface area contributed by atoms with Gasteiger partial charge in [-0.2, -0.15) is 5.26 Å². The summed E-state index contributed by atoms with van der Waals surface area (Å²) >= 11 is 0. The summed E-state index contributed by atoms with van der Waals surface area (Å²) in [5.74, 6) is 0. The van der Waals surface area contributed by atoms with Gasteiger partial charge in [0.2, 0.25) is 0 Å². The Hall–Kier alpha value is -1.37. The van der Waals surface area contributed by atoms with E-state index in [0.717, 1.165) is 18.4 Å². The zero-order chi connectivity index (χ0) is 10.5. The van der Waals surface area contributed by atoms with E-state index in [1.165, 1.54) is 0 Å². The van der Waals surface area contributed by atoms with Crippen LogP contribution in [0.1, 0.15) is 17.5 Å². The van der Waals surface area contributed by atoms with Crippen molar-refractivity contribution in [3.63, 3.8) is 0 Å². The maximum absolute atomic E-state index is 8.74. The van der Waals surface area contributed by atoms with Crippen LogP contribution in [0.5, 0.6) is 0 Å². The van der Waals surface area contributed by atoms with E-state index in [0.29, 0.717) is 18.8 Å². The minimum Gasteiger partial charge on any atom is -0.350 e. The van der Waals surface area contributed by atoms with Crippen molar-refractivity contribution in [3.05, 3.63) is 35.4 Å². The molecule has 3 heteroatoms. The first-order valence-corrected chi connectivity index (χ1v) is 5.11. The molecular formula is C12H13NO2. The Morgan fingerprint density at radius 2 is 2.13 bits per heavy atom. The molecule has 1 aromatic carbocycles. The lowest BCUT2D eigenvalue weighted by Gasteiger charge is -2.08. The third-order valence-corrected chi connectivity index (χ3v) is 2.42. The smallest absolute Gasteiger partial charge is 0.158 e. The van der Waals surface area contributed by atoms with Gasteiger partial charge in [-0.1, -0.05) is 12.1 Å². The highest BCUT2D eigenvalue weighted by Gasteiger charge is 2.15. The Labute approximate surface area is 89.2 Å². The molecule has 0 aliphatic carbocycles. The average Bonchev–Trinajstić information content (AvgIpc) is 2.79. The zero-order valence-corrected chi connectivity index (χ0v) is 8.48. The molecule has 2 rings (SSSR count). The van der Waals surface area contributed by atoms with E-state index in [1.807, 2.05) is 24.3 Å². The third-order valence-electron chi connectivity index (χ3n) is 2.42. The number of nitrogens with zero attached hydrogens (tertiary/aromatic N) is 1. The van der Waals surface area contributed by atoms with E-state index in [2.05, 4.69) is 6.07 Å². The summed E-state index contributed by atoms with van der Waals surface area (Å²) < 4.78 is 10.7. The maximum Gasteiger partial charge on any atom is 0.158 e. The SMILES string of the molecule is N#Cc1cccc(CCC2OCCO2)c1. The number of hydrogen-bond acceptors (Lipinski definition) is 3. The molecule has 0 bridgehead atoms. The summed E-state index contributed by atoms with van der Waals surface area (Å²) in [7, 11) is 0. The summed E-state index contributed by atoms with van der Waals surface area (Å²) in [5.41, 5.74) is 1.87. The minimum atomic E-state index is -0.0595. The van der Waals surface area contributed by atoms with E-state index >= 15 is 0 Å². The Kier molecular flexibility index (Phi) is 3.33. The number of ether oxygens (including phenoxy) is 2. The van der Waals surface area contributed by atoms with Crippen LogP contribution in [-0.4, -0.2) is 19.5 Å². The van der Waals surface area contributed by atoms with Crippen molar-refractivity contribution in [1.29, 1.82) is 5.26 Å². The molecule has 0 unspecified atom stereocenters. The fourth-order valence-corrected chi connectivity index (χ4v) is 1.65. The summed E-state index contributed by atoms with van der Waals surface area (Å²) in [6.45, 7) is 1.39. The molecule has 0 aromatic heterocycles. The van der Waals surface area contributed by atoms with Gasteiger partial charge in [-0.3, -0.25) is 0 Å². The number of rotatable bonds is 3. The molecule has 1 aliphatic heterocycles. The monoisotopic (exact) mass is 203 g/mol. The molecule has 0 atom stereocenters. The molecule has 0 saturated carbocycles. The second kappa shape index (κ2) is 4.92. The Bertz CT molecular complexity index is 364. The van der Waals surface area contributed by atoms with Gasteiger partial charge >= 0.3 is 0 Å². The molecule has 78 valence electrons. The van der Waals surface area contributed by atoms with Gasteiger partial charge in [-0.25, -0.2) is 0 Å². The molecular weight excluding hydrogens is 190 g/mol. The molecule has 1 aromatic rings. The van der Waals surface area contributed by atoms with Gasteiger partial charge in [0.25, 0.3) is 0 Å². The first-order valence-electron chi connectivity index (χ1n) is 5.11. The Morgan fingerprint density at radius 3 is 2.87 bits per heavy atom. The number of aryl methyl sites for hydroxylation is 1. The molecule has 0 amide bonds. The largest absolute Gasteiger partial charge is 0.350 e. The van der Waals surface area contributed by atoms with Crippen molar-refractivity contribution >= 4 is 0 Å². The van der Waals surface area contributed by atoms with Crippen molar-refractivity contribution < 1.29 is 9.47 Å². The minimum absolute atomic E-state index is 0.0595. The predicted molar refractivity (Wildman–Crippen MR) is 55.2 cm³/mol. The van der Waals surface area contributed by atoms with Crippen molar-refractivity contribution in [3.8, 4) is 6.07 Å². The van der Waals surface area contributed by atoms with Gasteiger partial charge < -0.3 is 9.47 Å². The first-order chi connectivity index (χ1) is 7.38. The highest BCUT2D eigenvalue weighted by molar-refractivity contribution is 5.32. The molecule has 3 nitrogen and oxygen atoms in total. The van der Waals surface area contributed by atoms with Crippen molar-refractivity contribution in [2.75, 3.05) is 13.2 Å². The molecule has 1 heterocycles. The molecule has 1 saturated heterocycles. The lowest BCUT2D eigenvalue weighted by atomic mass is 10.1. The van der Waals surface area contributed by atoms with E-state index in [-0.39, 0.29) is 6.29 Å². The molecule has 15 heavy (non-hydrogen) atoms. The summed E-state index contributed by atoms with van der Waals surface area (Å²) in [6, 6.07) is 9.79. The van der Waals surface area contributed by atoms with Crippen LogP contribution < -0.4 is 0 Å². The molecule has 0 spiro atoms. The quantitative estimate of drug-likeness (QED) is 0.753. The second-order valence-electron chi connectivity index (χ2n) is 3.52.